The lowest BCUT2D eigenvalue weighted by Gasteiger charge is -2.01. The molecule has 0 unspecified atom stereocenters. The number of carbonyl (C=O) groups excluding carboxylic acids is 3. The second-order valence-corrected chi connectivity index (χ2v) is 4.31. The quantitative estimate of drug-likeness (QED) is 0.358. The second kappa shape index (κ2) is 8.05. The van der Waals surface area contributed by atoms with Crippen LogP contribution in [0.4, 0.5) is 9.93 Å². The van der Waals surface area contributed by atoms with Crippen molar-refractivity contribution in [3.05, 3.63) is 23.7 Å². The Morgan fingerprint density at radius 3 is 2.85 bits per heavy atom. The highest BCUT2D eigenvalue weighted by atomic mass is 32.1. The first-order valence-corrected chi connectivity index (χ1v) is 6.63. The second-order valence-electron chi connectivity index (χ2n) is 3.46. The number of aromatic nitrogens is 1. The zero-order valence-electron chi connectivity index (χ0n) is 10.9. The fourth-order valence-electron chi connectivity index (χ4n) is 1.15. The summed E-state index contributed by atoms with van der Waals surface area (Å²) in [6.07, 6.45) is 0.358. The summed E-state index contributed by atoms with van der Waals surface area (Å²) < 4.78 is 9.37. The Morgan fingerprint density at radius 2 is 2.20 bits per heavy atom. The molecule has 1 heterocycles. The van der Waals surface area contributed by atoms with Crippen LogP contribution in [0.5, 0.6) is 0 Å². The van der Waals surface area contributed by atoms with E-state index in [9.17, 15) is 14.4 Å². The van der Waals surface area contributed by atoms with Crippen molar-refractivity contribution in [2.45, 2.75) is 13.3 Å². The topological polar surface area (TPSA) is 94.6 Å². The Hall–Kier alpha value is -2.22. The molecule has 0 aliphatic carbocycles. The molecule has 0 bridgehead atoms. The molecule has 0 spiro atoms. The molecule has 7 nitrogen and oxygen atoms in total. The molecule has 0 aromatic carbocycles. The van der Waals surface area contributed by atoms with Gasteiger partial charge in [0.1, 0.15) is 18.7 Å². The van der Waals surface area contributed by atoms with E-state index in [1.165, 1.54) is 11.5 Å². The first kappa shape index (κ1) is 15.8. The molecule has 20 heavy (non-hydrogen) atoms. The summed E-state index contributed by atoms with van der Waals surface area (Å²) in [7, 11) is 0. The molecule has 1 aromatic rings. The van der Waals surface area contributed by atoms with Gasteiger partial charge < -0.3 is 9.47 Å². The summed E-state index contributed by atoms with van der Waals surface area (Å²) in [5.41, 5.74) is 0.0991. The lowest BCUT2D eigenvalue weighted by Crippen LogP contribution is -2.14. The monoisotopic (exact) mass is 298 g/mol. The van der Waals surface area contributed by atoms with Crippen molar-refractivity contribution in [1.29, 1.82) is 0 Å². The van der Waals surface area contributed by atoms with Gasteiger partial charge in [0.2, 0.25) is 0 Å². The third-order valence-electron chi connectivity index (χ3n) is 1.94. The van der Waals surface area contributed by atoms with Gasteiger partial charge in [0.15, 0.2) is 10.9 Å². The fraction of sp³-hybridized carbons (Fsp3) is 0.333. The number of ether oxygens (including phenoxy) is 2. The number of carbonyl (C=O) groups is 3. The average molecular weight is 298 g/mol. The lowest BCUT2D eigenvalue weighted by atomic mass is 10.2. The molecule has 8 heteroatoms. The van der Waals surface area contributed by atoms with Gasteiger partial charge in [-0.2, -0.15) is 0 Å². The minimum absolute atomic E-state index is 0.0753. The van der Waals surface area contributed by atoms with Gasteiger partial charge in [0, 0.05) is 5.38 Å². The molecule has 0 radical (unpaired) electrons. The van der Waals surface area contributed by atoms with E-state index >= 15 is 0 Å². The maximum absolute atomic E-state index is 11.7. The van der Waals surface area contributed by atoms with Crippen LogP contribution in [0.2, 0.25) is 0 Å². The minimum atomic E-state index is -0.691. The molecule has 1 amide bonds. The number of anilines is 1. The number of thiazole rings is 1. The molecule has 0 saturated heterocycles. The number of rotatable bonds is 7. The summed E-state index contributed by atoms with van der Waals surface area (Å²) in [6, 6.07) is 0. The summed E-state index contributed by atoms with van der Waals surface area (Å²) >= 11 is 1.06. The Morgan fingerprint density at radius 1 is 1.45 bits per heavy atom. The third kappa shape index (κ3) is 5.19. The number of hydrogen-bond donors (Lipinski definition) is 1. The van der Waals surface area contributed by atoms with Crippen LogP contribution in [0.1, 0.15) is 23.8 Å². The molecule has 108 valence electrons. The largest absolute Gasteiger partial charge is 0.466 e. The van der Waals surface area contributed by atoms with Crippen molar-refractivity contribution < 1.29 is 23.9 Å². The zero-order valence-corrected chi connectivity index (χ0v) is 11.7. The van der Waals surface area contributed by atoms with E-state index in [1.54, 1.807) is 6.92 Å². The zero-order chi connectivity index (χ0) is 15.0. The Labute approximate surface area is 119 Å². The van der Waals surface area contributed by atoms with E-state index < -0.39 is 17.8 Å². The van der Waals surface area contributed by atoms with Crippen LogP contribution in [-0.2, 0) is 14.3 Å². The lowest BCUT2D eigenvalue weighted by molar-refractivity contribution is -0.141. The van der Waals surface area contributed by atoms with Crippen molar-refractivity contribution in [1.82, 2.24) is 4.98 Å². The van der Waals surface area contributed by atoms with Crippen molar-refractivity contribution in [3.63, 3.8) is 0 Å². The Kier molecular flexibility index (Phi) is 6.38. The normalized spacial score (nSPS) is 9.65. The fourth-order valence-corrected chi connectivity index (χ4v) is 1.85. The summed E-state index contributed by atoms with van der Waals surface area (Å²) in [4.78, 5) is 38.0. The minimum Gasteiger partial charge on any atom is -0.466 e. The number of Topliss-reactive ketones (excluding diaryl/α,β-unsaturated/α-hetero) is 1. The molecule has 0 aliphatic rings. The number of nitrogens with zero attached hydrogens (tertiary/aromatic N) is 1. The van der Waals surface area contributed by atoms with Crippen molar-refractivity contribution in [2.75, 3.05) is 18.5 Å². The van der Waals surface area contributed by atoms with Crippen LogP contribution >= 0.6 is 11.3 Å². The van der Waals surface area contributed by atoms with Gasteiger partial charge in [0.25, 0.3) is 0 Å². The van der Waals surface area contributed by atoms with Gasteiger partial charge in [-0.15, -0.1) is 11.3 Å². The predicted molar refractivity (Wildman–Crippen MR) is 72.9 cm³/mol. The van der Waals surface area contributed by atoms with Gasteiger partial charge >= 0.3 is 12.1 Å². The molecular weight excluding hydrogens is 284 g/mol. The summed E-state index contributed by atoms with van der Waals surface area (Å²) in [5, 5.41) is 4.02. The first-order chi connectivity index (χ1) is 9.56. The SMILES string of the molecule is C=CCOC(=O)Nc1nc(C(=O)CC(=O)OCC)cs1. The molecule has 0 saturated carbocycles. The van der Waals surface area contributed by atoms with Crippen LogP contribution in [-0.4, -0.2) is 36.0 Å². The van der Waals surface area contributed by atoms with Gasteiger partial charge in [-0.1, -0.05) is 12.7 Å². The molecule has 1 N–H and O–H groups in total. The Balaban J connectivity index is 2.54. The average Bonchev–Trinajstić information content (AvgIpc) is 2.85. The number of ketones is 1. The molecular formula is C12H14N2O5S. The molecule has 0 atom stereocenters. The van der Waals surface area contributed by atoms with Crippen molar-refractivity contribution >= 4 is 34.3 Å². The number of hydrogen-bond acceptors (Lipinski definition) is 7. The van der Waals surface area contributed by atoms with Crippen LogP contribution in [0.25, 0.3) is 0 Å². The van der Waals surface area contributed by atoms with Gasteiger partial charge in [-0.05, 0) is 6.92 Å². The van der Waals surface area contributed by atoms with Gasteiger partial charge in [-0.3, -0.25) is 14.9 Å². The maximum Gasteiger partial charge on any atom is 0.413 e. The first-order valence-electron chi connectivity index (χ1n) is 5.75. The molecule has 0 fully saturated rings. The van der Waals surface area contributed by atoms with E-state index in [-0.39, 0.29) is 30.5 Å². The van der Waals surface area contributed by atoms with E-state index in [4.69, 9.17) is 4.74 Å². The number of esters is 1. The van der Waals surface area contributed by atoms with Crippen molar-refractivity contribution in [2.24, 2.45) is 0 Å². The number of nitrogens with one attached hydrogen (secondary N) is 1. The highest BCUT2D eigenvalue weighted by Crippen LogP contribution is 2.17. The maximum atomic E-state index is 11.7. The predicted octanol–water partition coefficient (Wildman–Crippen LogP) is 2.01. The van der Waals surface area contributed by atoms with E-state index in [0.717, 1.165) is 11.3 Å². The van der Waals surface area contributed by atoms with Crippen LogP contribution in [0, 0.1) is 0 Å². The van der Waals surface area contributed by atoms with E-state index in [2.05, 4.69) is 21.6 Å². The van der Waals surface area contributed by atoms with Gasteiger partial charge in [-0.25, -0.2) is 9.78 Å². The van der Waals surface area contributed by atoms with Crippen LogP contribution < -0.4 is 5.32 Å². The van der Waals surface area contributed by atoms with E-state index in [1.807, 2.05) is 0 Å². The molecule has 1 aromatic heterocycles. The van der Waals surface area contributed by atoms with Gasteiger partial charge in [0.05, 0.1) is 6.61 Å². The summed E-state index contributed by atoms with van der Waals surface area (Å²) in [6.45, 7) is 5.35. The third-order valence-corrected chi connectivity index (χ3v) is 2.70. The highest BCUT2D eigenvalue weighted by molar-refractivity contribution is 7.14. The summed E-state index contributed by atoms with van der Waals surface area (Å²) in [5.74, 6) is -1.07. The smallest absolute Gasteiger partial charge is 0.413 e. The highest BCUT2D eigenvalue weighted by Gasteiger charge is 2.16. The van der Waals surface area contributed by atoms with Crippen LogP contribution in [0.15, 0.2) is 18.0 Å². The molecule has 0 aliphatic heterocycles. The Bertz CT molecular complexity index is 512. The van der Waals surface area contributed by atoms with E-state index in [0.29, 0.717) is 0 Å². The molecule has 1 rings (SSSR count). The van der Waals surface area contributed by atoms with Crippen molar-refractivity contribution in [3.8, 4) is 0 Å². The number of amides is 1. The van der Waals surface area contributed by atoms with Crippen LogP contribution in [0.3, 0.4) is 0 Å². The standard InChI is InChI=1S/C12H14N2O5S/c1-3-5-19-12(17)14-11-13-8(7-20-11)9(15)6-10(16)18-4-2/h3,7H,1,4-6H2,2H3,(H,13,14,17).